The van der Waals surface area contributed by atoms with Crippen molar-refractivity contribution in [1.82, 2.24) is 4.98 Å². The predicted molar refractivity (Wildman–Crippen MR) is 64.5 cm³/mol. The molecular formula is C13H12F3NO2. The van der Waals surface area contributed by atoms with Crippen molar-refractivity contribution < 1.29 is 22.7 Å². The van der Waals surface area contributed by atoms with Gasteiger partial charge in [-0.2, -0.15) is 13.2 Å². The number of aromatic nitrogens is 1. The van der Waals surface area contributed by atoms with Crippen molar-refractivity contribution in [2.45, 2.75) is 19.5 Å². The van der Waals surface area contributed by atoms with Gasteiger partial charge >= 0.3 is 6.18 Å². The van der Waals surface area contributed by atoms with Crippen molar-refractivity contribution in [3.05, 3.63) is 30.0 Å². The molecule has 1 heterocycles. The van der Waals surface area contributed by atoms with E-state index in [0.717, 1.165) is 12.6 Å². The van der Waals surface area contributed by atoms with Crippen LogP contribution in [0.4, 0.5) is 13.2 Å². The molecule has 0 spiro atoms. The van der Waals surface area contributed by atoms with Gasteiger partial charge in [0.2, 0.25) is 0 Å². The van der Waals surface area contributed by atoms with Crippen molar-refractivity contribution in [1.29, 1.82) is 0 Å². The van der Waals surface area contributed by atoms with Crippen LogP contribution >= 0.6 is 0 Å². The minimum absolute atomic E-state index is 0.218. The van der Waals surface area contributed by atoms with E-state index in [9.17, 15) is 18.0 Å². The third-order valence-electron chi connectivity index (χ3n) is 2.63. The van der Waals surface area contributed by atoms with Crippen molar-refractivity contribution >= 4 is 16.7 Å². The first-order chi connectivity index (χ1) is 8.93. The first-order valence-corrected chi connectivity index (χ1v) is 5.79. The summed E-state index contributed by atoms with van der Waals surface area (Å²) in [5, 5.41) is 0.218. The molecule has 0 aliphatic carbocycles. The summed E-state index contributed by atoms with van der Waals surface area (Å²) >= 11 is 0. The lowest BCUT2D eigenvalue weighted by Crippen LogP contribution is -2.22. The van der Waals surface area contributed by atoms with E-state index in [1.54, 1.807) is 12.1 Å². The van der Waals surface area contributed by atoms with Gasteiger partial charge in [0.15, 0.2) is 0 Å². The summed E-state index contributed by atoms with van der Waals surface area (Å²) in [6.07, 6.45) is -3.01. The van der Waals surface area contributed by atoms with Gasteiger partial charge in [0.25, 0.3) is 5.78 Å². The number of fused-ring (bicyclic) bond motifs is 1. The Hall–Kier alpha value is -1.98. The molecule has 6 heteroatoms. The average Bonchev–Trinajstić information content (AvgIpc) is 2.77. The Kier molecular flexibility index (Phi) is 3.50. The molecule has 102 valence electrons. The summed E-state index contributed by atoms with van der Waals surface area (Å²) in [6, 6.07) is 4.68. The Morgan fingerprint density at radius 3 is 2.74 bits per heavy atom. The molecule has 1 aromatic carbocycles. The SMILES string of the molecule is CCCOc1ccc2[nH]cc(C(=O)C(F)(F)F)c2c1. The first-order valence-electron chi connectivity index (χ1n) is 5.79. The molecule has 0 saturated carbocycles. The van der Waals surface area contributed by atoms with Crippen LogP contribution in [0.5, 0.6) is 5.75 Å². The van der Waals surface area contributed by atoms with Crippen LogP contribution in [-0.4, -0.2) is 23.6 Å². The van der Waals surface area contributed by atoms with Crippen molar-refractivity contribution in [2.24, 2.45) is 0 Å². The second kappa shape index (κ2) is 4.95. The molecule has 2 rings (SSSR count). The molecule has 0 aliphatic rings. The number of hydrogen-bond donors (Lipinski definition) is 1. The number of alkyl halides is 3. The van der Waals surface area contributed by atoms with Crippen molar-refractivity contribution in [3.8, 4) is 5.75 Å². The Morgan fingerprint density at radius 1 is 1.37 bits per heavy atom. The summed E-state index contributed by atoms with van der Waals surface area (Å²) in [5.74, 6) is -1.41. The number of halogens is 3. The van der Waals surface area contributed by atoms with E-state index >= 15 is 0 Å². The number of aromatic amines is 1. The third kappa shape index (κ3) is 2.72. The van der Waals surface area contributed by atoms with Crippen LogP contribution in [0, 0.1) is 0 Å². The van der Waals surface area contributed by atoms with Crippen LogP contribution in [0.3, 0.4) is 0 Å². The zero-order valence-corrected chi connectivity index (χ0v) is 10.2. The quantitative estimate of drug-likeness (QED) is 0.861. The van der Waals surface area contributed by atoms with E-state index in [0.29, 0.717) is 17.9 Å². The number of ketones is 1. The molecule has 19 heavy (non-hydrogen) atoms. The molecule has 0 bridgehead atoms. The number of Topliss-reactive ketones (excluding diaryl/α,β-unsaturated/α-hetero) is 1. The van der Waals surface area contributed by atoms with Gasteiger partial charge in [-0.15, -0.1) is 0 Å². The molecule has 0 saturated heterocycles. The number of benzene rings is 1. The number of H-pyrrole nitrogens is 1. The van der Waals surface area contributed by atoms with E-state index in [1.165, 1.54) is 6.07 Å². The maximum atomic E-state index is 12.4. The average molecular weight is 271 g/mol. The van der Waals surface area contributed by atoms with Gasteiger partial charge in [0, 0.05) is 17.1 Å². The molecule has 0 amide bonds. The van der Waals surface area contributed by atoms with Crippen LogP contribution in [-0.2, 0) is 0 Å². The Bertz CT molecular complexity index is 601. The maximum Gasteiger partial charge on any atom is 0.454 e. The zero-order valence-electron chi connectivity index (χ0n) is 10.2. The Labute approximate surface area is 107 Å². The molecule has 0 fully saturated rings. The van der Waals surface area contributed by atoms with Crippen LogP contribution in [0.25, 0.3) is 10.9 Å². The molecule has 0 radical (unpaired) electrons. The highest BCUT2D eigenvalue weighted by Crippen LogP contribution is 2.29. The molecule has 0 unspecified atom stereocenters. The number of nitrogens with one attached hydrogen (secondary N) is 1. The second-order valence-electron chi connectivity index (χ2n) is 4.09. The number of ether oxygens (including phenoxy) is 1. The molecule has 2 aromatic rings. The van der Waals surface area contributed by atoms with E-state index in [1.807, 2.05) is 6.92 Å². The highest BCUT2D eigenvalue weighted by atomic mass is 19.4. The lowest BCUT2D eigenvalue weighted by atomic mass is 10.1. The van der Waals surface area contributed by atoms with E-state index in [2.05, 4.69) is 4.98 Å². The number of carbonyl (C=O) groups is 1. The van der Waals surface area contributed by atoms with Gasteiger partial charge in [-0.1, -0.05) is 6.92 Å². The smallest absolute Gasteiger partial charge is 0.454 e. The molecule has 0 atom stereocenters. The standard InChI is InChI=1S/C13H12F3NO2/c1-2-5-19-8-3-4-11-9(6-8)10(7-17-11)12(18)13(14,15)16/h3-4,6-7,17H,2,5H2,1H3. The van der Waals surface area contributed by atoms with Crippen LogP contribution in [0.15, 0.2) is 24.4 Å². The summed E-state index contributed by atoms with van der Waals surface area (Å²) in [4.78, 5) is 13.9. The highest BCUT2D eigenvalue weighted by molar-refractivity contribution is 6.10. The molecular weight excluding hydrogens is 259 g/mol. The molecule has 1 aromatic heterocycles. The van der Waals surface area contributed by atoms with Crippen molar-refractivity contribution in [2.75, 3.05) is 6.61 Å². The van der Waals surface area contributed by atoms with Crippen LogP contribution in [0.2, 0.25) is 0 Å². The van der Waals surface area contributed by atoms with E-state index in [-0.39, 0.29) is 10.9 Å². The summed E-state index contributed by atoms with van der Waals surface area (Å²) in [7, 11) is 0. The minimum Gasteiger partial charge on any atom is -0.494 e. The lowest BCUT2D eigenvalue weighted by molar-refractivity contribution is -0.0884. The van der Waals surface area contributed by atoms with Gasteiger partial charge in [0.1, 0.15) is 5.75 Å². The summed E-state index contributed by atoms with van der Waals surface area (Å²) < 4.78 is 42.7. The Balaban J connectivity index is 2.43. The monoisotopic (exact) mass is 271 g/mol. The fourth-order valence-electron chi connectivity index (χ4n) is 1.75. The Morgan fingerprint density at radius 2 is 2.11 bits per heavy atom. The van der Waals surface area contributed by atoms with Gasteiger partial charge in [-0.05, 0) is 24.6 Å². The zero-order chi connectivity index (χ0) is 14.0. The lowest BCUT2D eigenvalue weighted by Gasteiger charge is -2.06. The summed E-state index contributed by atoms with van der Waals surface area (Å²) in [5.41, 5.74) is 0.0842. The van der Waals surface area contributed by atoms with Gasteiger partial charge < -0.3 is 9.72 Å². The molecule has 0 aliphatic heterocycles. The number of rotatable bonds is 4. The first kappa shape index (κ1) is 13.5. The largest absolute Gasteiger partial charge is 0.494 e. The van der Waals surface area contributed by atoms with Gasteiger partial charge in [0.05, 0.1) is 12.2 Å². The molecule has 3 nitrogen and oxygen atoms in total. The predicted octanol–water partition coefficient (Wildman–Crippen LogP) is 3.70. The van der Waals surface area contributed by atoms with Crippen LogP contribution in [0.1, 0.15) is 23.7 Å². The summed E-state index contributed by atoms with van der Waals surface area (Å²) in [6.45, 7) is 2.39. The fraction of sp³-hybridized carbons (Fsp3) is 0.308. The fourth-order valence-corrected chi connectivity index (χ4v) is 1.75. The number of carbonyl (C=O) groups excluding carboxylic acids is 1. The minimum atomic E-state index is -4.88. The number of hydrogen-bond acceptors (Lipinski definition) is 2. The van der Waals surface area contributed by atoms with Gasteiger partial charge in [-0.3, -0.25) is 4.79 Å². The van der Waals surface area contributed by atoms with E-state index < -0.39 is 12.0 Å². The third-order valence-corrected chi connectivity index (χ3v) is 2.63. The van der Waals surface area contributed by atoms with Gasteiger partial charge in [-0.25, -0.2) is 0 Å². The highest BCUT2D eigenvalue weighted by Gasteiger charge is 2.40. The van der Waals surface area contributed by atoms with E-state index in [4.69, 9.17) is 4.74 Å². The van der Waals surface area contributed by atoms with Crippen LogP contribution < -0.4 is 4.74 Å². The topological polar surface area (TPSA) is 42.1 Å². The molecule has 1 N–H and O–H groups in total. The normalized spacial score (nSPS) is 11.8. The maximum absolute atomic E-state index is 12.4. The second-order valence-corrected chi connectivity index (χ2v) is 4.09. The van der Waals surface area contributed by atoms with Crippen molar-refractivity contribution in [3.63, 3.8) is 0 Å².